The van der Waals surface area contributed by atoms with Gasteiger partial charge in [0.1, 0.15) is 0 Å². The van der Waals surface area contributed by atoms with Crippen molar-refractivity contribution in [3.63, 3.8) is 0 Å². The predicted molar refractivity (Wildman–Crippen MR) is 91.3 cm³/mol. The van der Waals surface area contributed by atoms with Crippen LogP contribution in [0.15, 0.2) is 73.3 Å². The predicted octanol–water partition coefficient (Wildman–Crippen LogP) is 5.13. The molecule has 0 spiro atoms. The molecule has 3 rings (SSSR count). The first kappa shape index (κ1) is 18.7. The summed E-state index contributed by atoms with van der Waals surface area (Å²) in [5.74, 6) is -0.902. The Morgan fingerprint density at radius 2 is 1.87 bits per heavy atom. The van der Waals surface area contributed by atoms with Crippen LogP contribution in [0.1, 0.15) is 21.5 Å². The molecule has 0 bridgehead atoms. The van der Waals surface area contributed by atoms with Gasteiger partial charge in [-0.2, -0.15) is 18.2 Å². The summed E-state index contributed by atoms with van der Waals surface area (Å²) < 4.78 is 0. The standard InChI is InChI=1S/C15H13O2.C5H5.Fe/c1-3-11-8-10(2)14(9-11)12-6-4-5-7-13(12)15(16)17;1-2-4-5-3-1;/h3-9H,1H2,2H3,(H,16,17);1-5H;/q2*-1;+2. The molecule has 2 nitrogen and oxygen atoms in total. The quantitative estimate of drug-likeness (QED) is 0.528. The number of rotatable bonds is 3. The van der Waals surface area contributed by atoms with E-state index in [0.717, 1.165) is 22.3 Å². The summed E-state index contributed by atoms with van der Waals surface area (Å²) in [6.07, 6.45) is 1.76. The molecule has 0 saturated heterocycles. The van der Waals surface area contributed by atoms with Crippen LogP contribution in [0, 0.1) is 6.92 Å². The van der Waals surface area contributed by atoms with Crippen LogP contribution in [0.3, 0.4) is 0 Å². The Kier molecular flexibility index (Phi) is 7.27. The number of benzene rings is 1. The van der Waals surface area contributed by atoms with Gasteiger partial charge in [-0.05, 0) is 0 Å². The van der Waals surface area contributed by atoms with E-state index in [1.54, 1.807) is 18.2 Å². The third-order valence-corrected chi connectivity index (χ3v) is 3.36. The van der Waals surface area contributed by atoms with Gasteiger partial charge in [0, 0.05) is 5.56 Å². The number of carbonyl (C=O) groups is 1. The molecule has 0 atom stereocenters. The van der Waals surface area contributed by atoms with Crippen molar-refractivity contribution >= 4 is 12.0 Å². The second-order valence-electron chi connectivity index (χ2n) is 4.90. The van der Waals surface area contributed by atoms with Crippen molar-refractivity contribution in [3.8, 4) is 11.1 Å². The van der Waals surface area contributed by atoms with Crippen molar-refractivity contribution in [1.82, 2.24) is 0 Å². The van der Waals surface area contributed by atoms with E-state index < -0.39 is 5.97 Å². The Balaban J connectivity index is 0.000000377. The summed E-state index contributed by atoms with van der Waals surface area (Å²) >= 11 is 0. The van der Waals surface area contributed by atoms with Gasteiger partial charge in [-0.15, -0.1) is 47.5 Å². The second kappa shape index (κ2) is 8.94. The van der Waals surface area contributed by atoms with Gasteiger partial charge in [-0.1, -0.05) is 30.7 Å². The fourth-order valence-electron chi connectivity index (χ4n) is 2.28. The molecule has 0 heterocycles. The number of hydrogen-bond acceptors (Lipinski definition) is 1. The molecule has 3 heteroatoms. The molecule has 1 N–H and O–H groups in total. The van der Waals surface area contributed by atoms with Crippen molar-refractivity contribution in [3.05, 3.63) is 90.0 Å². The van der Waals surface area contributed by atoms with Gasteiger partial charge in [0.25, 0.3) is 0 Å². The number of aromatic carboxylic acids is 1. The molecule has 0 saturated carbocycles. The normalized spacial score (nSPS) is 9.26. The van der Waals surface area contributed by atoms with Crippen LogP contribution < -0.4 is 0 Å². The number of carboxylic acid groups (broad SMARTS) is 1. The number of aryl methyl sites for hydroxylation is 1. The molecule has 3 aromatic carbocycles. The monoisotopic (exact) mass is 346 g/mol. The van der Waals surface area contributed by atoms with Crippen molar-refractivity contribution in [2.75, 3.05) is 0 Å². The van der Waals surface area contributed by atoms with Gasteiger partial charge in [0.15, 0.2) is 0 Å². The maximum Gasteiger partial charge on any atom is 2.00 e. The molecule has 0 radical (unpaired) electrons. The van der Waals surface area contributed by atoms with E-state index in [1.165, 1.54) is 0 Å². The summed E-state index contributed by atoms with van der Waals surface area (Å²) in [5, 5.41) is 9.16. The van der Waals surface area contributed by atoms with Gasteiger partial charge < -0.3 is 5.11 Å². The van der Waals surface area contributed by atoms with E-state index >= 15 is 0 Å². The van der Waals surface area contributed by atoms with Crippen molar-refractivity contribution < 1.29 is 27.0 Å². The van der Waals surface area contributed by atoms with E-state index in [2.05, 4.69) is 6.58 Å². The Hall–Kier alpha value is -2.35. The van der Waals surface area contributed by atoms with Crippen LogP contribution >= 0.6 is 0 Å². The van der Waals surface area contributed by atoms with Gasteiger partial charge >= 0.3 is 23.0 Å². The van der Waals surface area contributed by atoms with E-state index in [4.69, 9.17) is 5.11 Å². The summed E-state index contributed by atoms with van der Waals surface area (Å²) in [6, 6.07) is 21.0. The average molecular weight is 346 g/mol. The zero-order valence-corrected chi connectivity index (χ0v) is 13.9. The molecule has 0 aliphatic carbocycles. The maximum absolute atomic E-state index is 11.2. The smallest absolute Gasteiger partial charge is 0.483 e. The van der Waals surface area contributed by atoms with Crippen LogP contribution in [0.4, 0.5) is 0 Å². The summed E-state index contributed by atoms with van der Waals surface area (Å²) in [7, 11) is 0. The van der Waals surface area contributed by atoms with Crippen LogP contribution in [0.25, 0.3) is 17.2 Å². The molecular formula is C20H18FeO2. The molecule has 0 aromatic heterocycles. The molecule has 3 aromatic rings. The minimum Gasteiger partial charge on any atom is -0.483 e. The molecule has 0 fully saturated rings. The Morgan fingerprint density at radius 3 is 2.35 bits per heavy atom. The molecule has 23 heavy (non-hydrogen) atoms. The number of hydrogen-bond donors (Lipinski definition) is 1. The minimum atomic E-state index is -0.902. The maximum atomic E-state index is 11.2. The van der Waals surface area contributed by atoms with Gasteiger partial charge in [-0.25, -0.2) is 12.1 Å². The summed E-state index contributed by atoms with van der Waals surface area (Å²) in [6.45, 7) is 5.69. The number of carboxylic acids is 1. The van der Waals surface area contributed by atoms with Crippen LogP contribution in [0.2, 0.25) is 0 Å². The van der Waals surface area contributed by atoms with E-state index in [0.29, 0.717) is 5.56 Å². The molecule has 0 amide bonds. The Bertz CT molecular complexity index is 735. The zero-order valence-electron chi connectivity index (χ0n) is 12.8. The van der Waals surface area contributed by atoms with Crippen molar-refractivity contribution in [1.29, 1.82) is 0 Å². The third-order valence-electron chi connectivity index (χ3n) is 3.36. The van der Waals surface area contributed by atoms with E-state index in [1.807, 2.05) is 61.5 Å². The first-order valence-electron chi connectivity index (χ1n) is 7.02. The fourth-order valence-corrected chi connectivity index (χ4v) is 2.28. The first-order chi connectivity index (χ1) is 10.6. The molecule has 0 aliphatic rings. The molecule has 0 unspecified atom stereocenters. The third kappa shape index (κ3) is 4.82. The first-order valence-corrected chi connectivity index (χ1v) is 7.02. The summed E-state index contributed by atoms with van der Waals surface area (Å²) in [5.41, 5.74) is 4.12. The Labute approximate surface area is 147 Å². The minimum absolute atomic E-state index is 0. The van der Waals surface area contributed by atoms with Crippen LogP contribution in [-0.2, 0) is 17.1 Å². The van der Waals surface area contributed by atoms with Gasteiger partial charge in [0.2, 0.25) is 0 Å². The topological polar surface area (TPSA) is 37.3 Å². The van der Waals surface area contributed by atoms with Crippen LogP contribution in [-0.4, -0.2) is 11.1 Å². The average Bonchev–Trinajstić information content (AvgIpc) is 3.20. The fraction of sp³-hybridized carbons (Fsp3) is 0.0500. The van der Waals surface area contributed by atoms with E-state index in [-0.39, 0.29) is 17.1 Å². The molecule has 0 aliphatic heterocycles. The summed E-state index contributed by atoms with van der Waals surface area (Å²) in [4.78, 5) is 11.2. The van der Waals surface area contributed by atoms with Crippen molar-refractivity contribution in [2.45, 2.75) is 6.92 Å². The van der Waals surface area contributed by atoms with Crippen molar-refractivity contribution in [2.24, 2.45) is 0 Å². The van der Waals surface area contributed by atoms with Crippen LogP contribution in [0.5, 0.6) is 0 Å². The molecule has 118 valence electrons. The largest absolute Gasteiger partial charge is 2.00 e. The second-order valence-corrected chi connectivity index (χ2v) is 4.90. The SMILES string of the molecule is C=Cc1cc(C)[c-](-c2ccccc2C(=O)O)c1.[Fe+2].c1cc[cH-]c1. The Morgan fingerprint density at radius 1 is 1.22 bits per heavy atom. The van der Waals surface area contributed by atoms with Gasteiger partial charge in [-0.3, -0.25) is 4.79 Å². The van der Waals surface area contributed by atoms with Gasteiger partial charge in [0.05, 0.1) is 0 Å². The van der Waals surface area contributed by atoms with E-state index in [9.17, 15) is 4.79 Å². The molecular weight excluding hydrogens is 328 g/mol. The zero-order chi connectivity index (χ0) is 15.9.